The molecule has 0 aliphatic carbocycles. The molecule has 1 aromatic rings. The summed E-state index contributed by atoms with van der Waals surface area (Å²) >= 11 is 0. The molecule has 3 amide bonds. The minimum absolute atomic E-state index is 0.0591. The second kappa shape index (κ2) is 6.44. The number of hydrogen-bond acceptors (Lipinski definition) is 7. The van der Waals surface area contributed by atoms with E-state index in [0.717, 1.165) is 4.68 Å². The van der Waals surface area contributed by atoms with Crippen molar-refractivity contribution in [1.82, 2.24) is 20.3 Å². The molecule has 10 heteroatoms. The zero-order chi connectivity index (χ0) is 14.4. The highest BCUT2D eigenvalue weighted by atomic mass is 16.5. The third-order valence-electron chi connectivity index (χ3n) is 2.06. The van der Waals surface area contributed by atoms with Gasteiger partial charge in [-0.25, -0.2) is 14.3 Å². The maximum absolute atomic E-state index is 11.5. The Morgan fingerprint density at radius 1 is 1.42 bits per heavy atom. The molecular weight excluding hydrogens is 256 g/mol. The SMILES string of the molecule is CCOC(=O)c1nnn(CC(=O)NC(N)=O)c1CN. The monoisotopic (exact) mass is 270 g/mol. The van der Waals surface area contributed by atoms with Crippen molar-refractivity contribution < 1.29 is 19.1 Å². The largest absolute Gasteiger partial charge is 0.461 e. The Bertz CT molecular complexity index is 497. The molecule has 0 unspecified atom stereocenters. The molecule has 1 rings (SSSR count). The van der Waals surface area contributed by atoms with E-state index >= 15 is 0 Å². The molecule has 0 saturated carbocycles. The fourth-order valence-corrected chi connectivity index (χ4v) is 1.33. The number of nitrogens with one attached hydrogen (secondary N) is 1. The van der Waals surface area contributed by atoms with Crippen molar-refractivity contribution in [1.29, 1.82) is 0 Å². The molecule has 10 nitrogen and oxygen atoms in total. The fourth-order valence-electron chi connectivity index (χ4n) is 1.33. The fraction of sp³-hybridized carbons (Fsp3) is 0.444. The Balaban J connectivity index is 2.88. The maximum Gasteiger partial charge on any atom is 0.360 e. The van der Waals surface area contributed by atoms with Crippen LogP contribution in [0.4, 0.5) is 4.79 Å². The Labute approximate surface area is 108 Å². The van der Waals surface area contributed by atoms with Gasteiger partial charge in [0.1, 0.15) is 6.54 Å². The van der Waals surface area contributed by atoms with Gasteiger partial charge in [0, 0.05) is 6.54 Å². The number of rotatable bonds is 5. The van der Waals surface area contributed by atoms with Gasteiger partial charge in [0.15, 0.2) is 5.69 Å². The number of carbonyl (C=O) groups excluding carboxylic acids is 3. The second-order valence-electron chi connectivity index (χ2n) is 3.38. The topological polar surface area (TPSA) is 155 Å². The number of esters is 1. The van der Waals surface area contributed by atoms with Crippen LogP contribution in [0.1, 0.15) is 23.1 Å². The minimum atomic E-state index is -0.981. The number of ether oxygens (including phenoxy) is 1. The smallest absolute Gasteiger partial charge is 0.360 e. The van der Waals surface area contributed by atoms with Crippen LogP contribution in [0.15, 0.2) is 0 Å². The summed E-state index contributed by atoms with van der Waals surface area (Å²) in [5.41, 5.74) is 10.4. The van der Waals surface area contributed by atoms with Gasteiger partial charge < -0.3 is 16.2 Å². The van der Waals surface area contributed by atoms with Crippen LogP contribution >= 0.6 is 0 Å². The molecule has 1 heterocycles. The molecule has 0 fully saturated rings. The van der Waals surface area contributed by atoms with Crippen molar-refractivity contribution in [3.05, 3.63) is 11.4 Å². The summed E-state index contributed by atoms with van der Waals surface area (Å²) in [6.07, 6.45) is 0. The van der Waals surface area contributed by atoms with E-state index in [2.05, 4.69) is 10.3 Å². The van der Waals surface area contributed by atoms with Crippen LogP contribution in [0.3, 0.4) is 0 Å². The van der Waals surface area contributed by atoms with Crippen molar-refractivity contribution in [2.45, 2.75) is 20.0 Å². The van der Waals surface area contributed by atoms with Crippen LogP contribution in [0, 0.1) is 0 Å². The van der Waals surface area contributed by atoms with Gasteiger partial charge in [-0.05, 0) is 6.92 Å². The maximum atomic E-state index is 11.5. The molecule has 0 aromatic carbocycles. The molecule has 0 saturated heterocycles. The summed E-state index contributed by atoms with van der Waals surface area (Å²) in [7, 11) is 0. The Kier molecular flexibility index (Phi) is 4.94. The number of urea groups is 1. The zero-order valence-electron chi connectivity index (χ0n) is 10.3. The highest BCUT2D eigenvalue weighted by molar-refractivity contribution is 5.93. The molecule has 1 aromatic heterocycles. The number of amides is 3. The first kappa shape index (κ1) is 14.6. The van der Waals surface area contributed by atoms with Gasteiger partial charge in [-0.3, -0.25) is 10.1 Å². The van der Waals surface area contributed by atoms with Gasteiger partial charge in [0.25, 0.3) is 0 Å². The lowest BCUT2D eigenvalue weighted by Crippen LogP contribution is -2.37. The Morgan fingerprint density at radius 3 is 2.63 bits per heavy atom. The normalized spacial score (nSPS) is 10.0. The molecular formula is C9H14N6O4. The first-order valence-corrected chi connectivity index (χ1v) is 5.38. The van der Waals surface area contributed by atoms with Crippen LogP contribution < -0.4 is 16.8 Å². The lowest BCUT2D eigenvalue weighted by atomic mass is 10.3. The van der Waals surface area contributed by atoms with Crippen LogP contribution in [0.5, 0.6) is 0 Å². The predicted octanol–water partition coefficient (Wildman–Crippen LogP) is -1.89. The van der Waals surface area contributed by atoms with E-state index in [1.54, 1.807) is 6.92 Å². The van der Waals surface area contributed by atoms with E-state index in [9.17, 15) is 14.4 Å². The number of nitrogens with two attached hydrogens (primary N) is 2. The third-order valence-corrected chi connectivity index (χ3v) is 2.06. The van der Waals surface area contributed by atoms with Crippen LogP contribution in [0.25, 0.3) is 0 Å². The third kappa shape index (κ3) is 3.74. The van der Waals surface area contributed by atoms with Crippen LogP contribution in [-0.2, 0) is 22.6 Å². The number of primary amides is 1. The second-order valence-corrected chi connectivity index (χ2v) is 3.38. The van der Waals surface area contributed by atoms with E-state index in [1.165, 1.54) is 0 Å². The van der Waals surface area contributed by atoms with Crippen LogP contribution in [-0.4, -0.2) is 39.5 Å². The molecule has 5 N–H and O–H groups in total. The van der Waals surface area contributed by atoms with Gasteiger partial charge in [0.2, 0.25) is 5.91 Å². The molecule has 104 valence electrons. The highest BCUT2D eigenvalue weighted by Gasteiger charge is 2.21. The molecule has 0 atom stereocenters. The summed E-state index contributed by atoms with van der Waals surface area (Å²) in [6.45, 7) is 1.43. The molecule has 0 aliphatic heterocycles. The number of imide groups is 1. The number of nitrogens with zero attached hydrogens (tertiary/aromatic N) is 3. The van der Waals surface area contributed by atoms with Crippen LogP contribution in [0.2, 0.25) is 0 Å². The number of aromatic nitrogens is 3. The van der Waals surface area contributed by atoms with E-state index < -0.39 is 17.9 Å². The van der Waals surface area contributed by atoms with Crippen molar-refractivity contribution in [3.63, 3.8) is 0 Å². The summed E-state index contributed by atoms with van der Waals surface area (Å²) in [5, 5.41) is 9.07. The van der Waals surface area contributed by atoms with Gasteiger partial charge in [-0.2, -0.15) is 0 Å². The highest BCUT2D eigenvalue weighted by Crippen LogP contribution is 2.06. The summed E-state index contributed by atoms with van der Waals surface area (Å²) < 4.78 is 5.87. The number of hydrogen-bond donors (Lipinski definition) is 3. The number of carbonyl (C=O) groups is 3. The standard InChI is InChI=1S/C9H14N6O4/c1-2-19-8(17)7-5(3-10)15(14-13-7)4-6(16)12-9(11)18/h2-4,10H2,1H3,(H3,11,12,16,18). The van der Waals surface area contributed by atoms with Crippen molar-refractivity contribution >= 4 is 17.9 Å². The first-order chi connectivity index (χ1) is 8.99. The quantitative estimate of drug-likeness (QED) is 0.528. The zero-order valence-corrected chi connectivity index (χ0v) is 10.3. The summed E-state index contributed by atoms with van der Waals surface area (Å²) in [4.78, 5) is 33.4. The van der Waals surface area contributed by atoms with Gasteiger partial charge in [-0.15, -0.1) is 5.10 Å². The van der Waals surface area contributed by atoms with Gasteiger partial charge >= 0.3 is 12.0 Å². The molecule has 0 radical (unpaired) electrons. The average molecular weight is 270 g/mol. The van der Waals surface area contributed by atoms with Gasteiger partial charge in [0.05, 0.1) is 12.3 Å². The Hall–Kier alpha value is -2.49. The van der Waals surface area contributed by atoms with Crippen molar-refractivity contribution in [2.24, 2.45) is 11.5 Å². The van der Waals surface area contributed by atoms with E-state index in [1.807, 2.05) is 5.32 Å². The van der Waals surface area contributed by atoms with E-state index in [4.69, 9.17) is 16.2 Å². The lowest BCUT2D eigenvalue weighted by molar-refractivity contribution is -0.120. The van der Waals surface area contributed by atoms with E-state index in [0.29, 0.717) is 0 Å². The Morgan fingerprint density at radius 2 is 2.11 bits per heavy atom. The minimum Gasteiger partial charge on any atom is -0.461 e. The summed E-state index contributed by atoms with van der Waals surface area (Å²) in [5.74, 6) is -1.37. The van der Waals surface area contributed by atoms with E-state index in [-0.39, 0.29) is 31.1 Å². The van der Waals surface area contributed by atoms with Crippen molar-refractivity contribution in [3.8, 4) is 0 Å². The van der Waals surface area contributed by atoms with Crippen molar-refractivity contribution in [2.75, 3.05) is 6.61 Å². The molecule has 0 spiro atoms. The van der Waals surface area contributed by atoms with Gasteiger partial charge in [-0.1, -0.05) is 5.21 Å². The predicted molar refractivity (Wildman–Crippen MR) is 61.6 cm³/mol. The average Bonchev–Trinajstić information content (AvgIpc) is 2.70. The summed E-state index contributed by atoms with van der Waals surface area (Å²) in [6, 6.07) is -0.981. The molecule has 0 aliphatic rings. The molecule has 19 heavy (non-hydrogen) atoms. The lowest BCUT2D eigenvalue weighted by Gasteiger charge is -2.05. The molecule has 0 bridgehead atoms. The first-order valence-electron chi connectivity index (χ1n) is 5.38.